The molecule has 0 amide bonds. The molecule has 0 aliphatic carbocycles. The van der Waals surface area contributed by atoms with Gasteiger partial charge < -0.3 is 20.5 Å². The summed E-state index contributed by atoms with van der Waals surface area (Å²) >= 11 is 0. The van der Waals surface area contributed by atoms with Crippen LogP contribution in [0.3, 0.4) is 0 Å². The molecular formula is C20H20F3N5O2. The molecule has 0 saturated heterocycles. The molecule has 2 aromatic heterocycles. The number of nitrogens with zero attached hydrogens (tertiary/aromatic N) is 3. The van der Waals surface area contributed by atoms with E-state index >= 15 is 0 Å². The number of aliphatic hydroxyl groups is 1. The smallest absolute Gasteiger partial charge is 0.420 e. The number of anilines is 3. The molecule has 7 nitrogen and oxygen atoms in total. The van der Waals surface area contributed by atoms with Crippen molar-refractivity contribution in [3.05, 3.63) is 54.4 Å². The second-order valence-corrected chi connectivity index (χ2v) is 6.47. The Morgan fingerprint density at radius 2 is 1.97 bits per heavy atom. The summed E-state index contributed by atoms with van der Waals surface area (Å²) in [6, 6.07) is 8.47. The fraction of sp³-hybridized carbons (Fsp3) is 0.250. The number of aromatic nitrogens is 3. The molecule has 0 fully saturated rings. The highest BCUT2D eigenvalue weighted by molar-refractivity contribution is 5.67. The number of hydrogen-bond acceptors (Lipinski definition) is 7. The number of methoxy groups -OCH3 is 1. The predicted molar refractivity (Wildman–Crippen MR) is 107 cm³/mol. The zero-order chi connectivity index (χ0) is 21.7. The Morgan fingerprint density at radius 1 is 1.17 bits per heavy atom. The van der Waals surface area contributed by atoms with E-state index in [2.05, 4.69) is 25.6 Å². The van der Waals surface area contributed by atoms with Gasteiger partial charge in [-0.25, -0.2) is 4.98 Å². The maximum Gasteiger partial charge on any atom is 0.420 e. The molecule has 1 aromatic carbocycles. The van der Waals surface area contributed by atoms with Crippen molar-refractivity contribution in [2.75, 3.05) is 24.4 Å². The van der Waals surface area contributed by atoms with Crippen molar-refractivity contribution in [2.45, 2.75) is 19.1 Å². The molecule has 3 N–H and O–H groups in total. The number of rotatable bonds is 7. The van der Waals surface area contributed by atoms with Crippen LogP contribution in [0, 0.1) is 0 Å². The minimum Gasteiger partial charge on any atom is -0.496 e. The monoisotopic (exact) mass is 419 g/mol. The van der Waals surface area contributed by atoms with Crippen LogP contribution in [0.15, 0.2) is 48.8 Å². The summed E-state index contributed by atoms with van der Waals surface area (Å²) in [4.78, 5) is 12.8. The molecule has 3 aromatic rings. The van der Waals surface area contributed by atoms with Crippen molar-refractivity contribution < 1.29 is 23.0 Å². The molecule has 0 radical (unpaired) electrons. The molecule has 0 aliphatic rings. The van der Waals surface area contributed by atoms with Crippen molar-refractivity contribution >= 4 is 17.5 Å². The van der Waals surface area contributed by atoms with Crippen molar-refractivity contribution in [3.63, 3.8) is 0 Å². The van der Waals surface area contributed by atoms with Gasteiger partial charge in [-0.2, -0.15) is 18.2 Å². The fourth-order valence-electron chi connectivity index (χ4n) is 2.66. The van der Waals surface area contributed by atoms with Gasteiger partial charge in [0.1, 0.15) is 11.6 Å². The van der Waals surface area contributed by atoms with Crippen molar-refractivity contribution in [2.24, 2.45) is 0 Å². The van der Waals surface area contributed by atoms with Crippen LogP contribution in [-0.2, 0) is 6.18 Å². The van der Waals surface area contributed by atoms with Crippen molar-refractivity contribution in [1.29, 1.82) is 0 Å². The topological polar surface area (TPSA) is 92.2 Å². The third-order valence-corrected chi connectivity index (χ3v) is 4.11. The lowest BCUT2D eigenvalue weighted by Gasteiger charge is -2.16. The lowest BCUT2D eigenvalue weighted by atomic mass is 10.1. The van der Waals surface area contributed by atoms with Gasteiger partial charge in [0.2, 0.25) is 5.95 Å². The number of nitrogens with one attached hydrogen (secondary N) is 2. The van der Waals surface area contributed by atoms with Crippen LogP contribution >= 0.6 is 0 Å². The van der Waals surface area contributed by atoms with Gasteiger partial charge in [0.25, 0.3) is 0 Å². The van der Waals surface area contributed by atoms with Gasteiger partial charge in [-0.1, -0.05) is 0 Å². The Labute approximate surface area is 171 Å². The summed E-state index contributed by atoms with van der Waals surface area (Å²) in [6.07, 6.45) is -1.34. The first-order valence-electron chi connectivity index (χ1n) is 8.99. The van der Waals surface area contributed by atoms with Crippen LogP contribution in [0.25, 0.3) is 11.3 Å². The minimum atomic E-state index is -4.57. The van der Waals surface area contributed by atoms with Gasteiger partial charge >= 0.3 is 6.18 Å². The minimum absolute atomic E-state index is 0.142. The van der Waals surface area contributed by atoms with Gasteiger partial charge in [-0.3, -0.25) is 4.98 Å². The highest BCUT2D eigenvalue weighted by atomic mass is 19.4. The van der Waals surface area contributed by atoms with Crippen LogP contribution in [0.4, 0.5) is 30.6 Å². The molecule has 2 heterocycles. The van der Waals surface area contributed by atoms with E-state index in [0.29, 0.717) is 11.3 Å². The third kappa shape index (κ3) is 5.15. The average molecular weight is 419 g/mol. The molecule has 0 aliphatic heterocycles. The van der Waals surface area contributed by atoms with E-state index in [1.807, 2.05) is 0 Å². The van der Waals surface area contributed by atoms with E-state index in [9.17, 15) is 18.3 Å². The average Bonchev–Trinajstić information content (AvgIpc) is 2.73. The number of benzene rings is 1. The van der Waals surface area contributed by atoms with E-state index < -0.39 is 11.7 Å². The molecular weight excluding hydrogens is 399 g/mol. The summed E-state index contributed by atoms with van der Waals surface area (Å²) in [7, 11) is 1.18. The number of halogens is 3. The number of alkyl halides is 3. The normalized spacial score (nSPS) is 12.3. The van der Waals surface area contributed by atoms with Crippen molar-refractivity contribution in [1.82, 2.24) is 15.0 Å². The Kier molecular flexibility index (Phi) is 6.36. The second kappa shape index (κ2) is 8.95. The Balaban J connectivity index is 2.00. The number of aliphatic hydroxyl groups excluding tert-OH is 1. The zero-order valence-electron chi connectivity index (χ0n) is 16.2. The molecule has 3 rings (SSSR count). The second-order valence-electron chi connectivity index (χ2n) is 6.47. The first-order valence-corrected chi connectivity index (χ1v) is 8.99. The number of pyridine rings is 1. The molecule has 0 bridgehead atoms. The summed E-state index contributed by atoms with van der Waals surface area (Å²) < 4.78 is 44.8. The standard InChI is InChI=1S/C20H20F3N5O2/c1-12(11-29)25-19-27-16(13-4-3-7-24-10-13)9-18(28-19)26-14-5-6-17(30-2)15(8-14)20(21,22)23/h3-10,12,29H,11H2,1-2H3,(H2,25,26,27,28)/t12-/m1/s1. The van der Waals surface area contributed by atoms with Crippen LogP contribution in [-0.4, -0.2) is 39.8 Å². The zero-order valence-corrected chi connectivity index (χ0v) is 16.2. The molecule has 1 atom stereocenters. The summed E-state index contributed by atoms with van der Waals surface area (Å²) in [5.74, 6) is 0.214. The molecule has 10 heteroatoms. The molecule has 30 heavy (non-hydrogen) atoms. The molecule has 0 unspecified atom stereocenters. The maximum atomic E-state index is 13.3. The Bertz CT molecular complexity index is 999. The lowest BCUT2D eigenvalue weighted by Crippen LogP contribution is -2.21. The van der Waals surface area contributed by atoms with E-state index in [1.165, 1.54) is 19.2 Å². The summed E-state index contributed by atoms with van der Waals surface area (Å²) in [5, 5.41) is 15.1. The van der Waals surface area contributed by atoms with E-state index in [1.54, 1.807) is 37.5 Å². The maximum absolute atomic E-state index is 13.3. The van der Waals surface area contributed by atoms with Gasteiger partial charge in [0.05, 0.1) is 25.0 Å². The van der Waals surface area contributed by atoms with E-state index in [4.69, 9.17) is 4.74 Å². The SMILES string of the molecule is COc1ccc(Nc2cc(-c3cccnc3)nc(N[C@H](C)CO)n2)cc1C(F)(F)F. The molecule has 0 saturated carbocycles. The summed E-state index contributed by atoms with van der Waals surface area (Å²) in [5.41, 5.74) is 0.495. The largest absolute Gasteiger partial charge is 0.496 e. The van der Waals surface area contributed by atoms with Gasteiger partial charge in [0.15, 0.2) is 0 Å². The lowest BCUT2D eigenvalue weighted by molar-refractivity contribution is -0.138. The molecule has 0 spiro atoms. The van der Waals surface area contributed by atoms with E-state index in [0.717, 1.165) is 6.07 Å². The van der Waals surface area contributed by atoms with Gasteiger partial charge in [-0.05, 0) is 37.3 Å². The van der Waals surface area contributed by atoms with Crippen molar-refractivity contribution in [3.8, 4) is 17.0 Å². The van der Waals surface area contributed by atoms with Gasteiger partial charge in [-0.15, -0.1) is 0 Å². The van der Waals surface area contributed by atoms with Gasteiger partial charge in [0, 0.05) is 35.8 Å². The fourth-order valence-corrected chi connectivity index (χ4v) is 2.66. The van der Waals surface area contributed by atoms with Crippen LogP contribution in [0.2, 0.25) is 0 Å². The first kappa shape index (κ1) is 21.3. The highest BCUT2D eigenvalue weighted by Gasteiger charge is 2.34. The Morgan fingerprint density at radius 3 is 2.60 bits per heavy atom. The highest BCUT2D eigenvalue weighted by Crippen LogP contribution is 2.38. The summed E-state index contributed by atoms with van der Waals surface area (Å²) in [6.45, 7) is 1.60. The quantitative estimate of drug-likeness (QED) is 0.531. The van der Waals surface area contributed by atoms with Crippen LogP contribution in [0.5, 0.6) is 5.75 Å². The van der Waals surface area contributed by atoms with Crippen LogP contribution in [0.1, 0.15) is 12.5 Å². The third-order valence-electron chi connectivity index (χ3n) is 4.11. The Hall–Kier alpha value is -3.40. The van der Waals surface area contributed by atoms with E-state index in [-0.39, 0.29) is 35.9 Å². The predicted octanol–water partition coefficient (Wildman–Crippen LogP) is 4.10. The first-order chi connectivity index (χ1) is 14.3. The molecule has 158 valence electrons. The number of ether oxygens (including phenoxy) is 1. The van der Waals surface area contributed by atoms with Crippen LogP contribution < -0.4 is 15.4 Å². The number of hydrogen-bond donors (Lipinski definition) is 3.